The summed E-state index contributed by atoms with van der Waals surface area (Å²) >= 11 is 5.87. The molecule has 1 unspecified atom stereocenters. The molecule has 108 valence electrons. The van der Waals surface area contributed by atoms with Crippen molar-refractivity contribution < 1.29 is 8.42 Å². The van der Waals surface area contributed by atoms with Crippen molar-refractivity contribution in [1.82, 2.24) is 14.5 Å². The summed E-state index contributed by atoms with van der Waals surface area (Å²) in [5, 5.41) is 4.89. The van der Waals surface area contributed by atoms with Crippen LogP contribution in [-0.2, 0) is 17.1 Å². The Balaban J connectivity index is 2.41. The number of rotatable bonds is 5. The summed E-state index contributed by atoms with van der Waals surface area (Å²) in [6.07, 6.45) is 1.78. The van der Waals surface area contributed by atoms with Gasteiger partial charge < -0.3 is 0 Å². The Hall–Kier alpha value is -1.37. The van der Waals surface area contributed by atoms with E-state index in [0.717, 1.165) is 5.56 Å². The van der Waals surface area contributed by atoms with Crippen LogP contribution in [0.3, 0.4) is 0 Å². The zero-order valence-electron chi connectivity index (χ0n) is 11.2. The van der Waals surface area contributed by atoms with Crippen molar-refractivity contribution in [2.45, 2.75) is 13.0 Å². The summed E-state index contributed by atoms with van der Waals surface area (Å²) in [4.78, 5) is 0. The van der Waals surface area contributed by atoms with Gasteiger partial charge >= 0.3 is 0 Å². The third-order valence-corrected chi connectivity index (χ3v) is 4.52. The number of aromatic nitrogens is 2. The number of aryl methyl sites for hydroxylation is 1. The summed E-state index contributed by atoms with van der Waals surface area (Å²) in [6.45, 7) is 1.60. The second kappa shape index (κ2) is 5.95. The van der Waals surface area contributed by atoms with Gasteiger partial charge in [-0.25, -0.2) is 13.1 Å². The number of hydrogen-bond acceptors (Lipinski definition) is 3. The number of benzene rings is 1. The van der Waals surface area contributed by atoms with Gasteiger partial charge in [0.05, 0.1) is 17.5 Å². The molecule has 20 heavy (non-hydrogen) atoms. The van der Waals surface area contributed by atoms with Gasteiger partial charge in [-0.3, -0.25) is 4.68 Å². The molecule has 2 rings (SSSR count). The van der Waals surface area contributed by atoms with Crippen LogP contribution in [-0.4, -0.2) is 24.0 Å². The van der Waals surface area contributed by atoms with E-state index < -0.39 is 16.1 Å². The average Bonchev–Trinajstić information content (AvgIpc) is 2.84. The van der Waals surface area contributed by atoms with Gasteiger partial charge in [0.1, 0.15) is 0 Å². The van der Waals surface area contributed by atoms with Crippen LogP contribution >= 0.6 is 11.6 Å². The van der Waals surface area contributed by atoms with E-state index in [0.29, 0.717) is 10.7 Å². The van der Waals surface area contributed by atoms with Crippen molar-refractivity contribution in [2.75, 3.05) is 5.75 Å². The van der Waals surface area contributed by atoms with E-state index in [2.05, 4.69) is 9.82 Å². The highest BCUT2D eigenvalue weighted by molar-refractivity contribution is 7.89. The Morgan fingerprint density at radius 1 is 1.30 bits per heavy atom. The van der Waals surface area contributed by atoms with Gasteiger partial charge in [-0.05, 0) is 30.7 Å². The second-order valence-electron chi connectivity index (χ2n) is 4.42. The Kier molecular flexibility index (Phi) is 4.47. The summed E-state index contributed by atoms with van der Waals surface area (Å²) in [6, 6.07) is 8.32. The molecule has 0 fully saturated rings. The van der Waals surface area contributed by atoms with Crippen molar-refractivity contribution >= 4 is 21.6 Å². The van der Waals surface area contributed by atoms with Crippen LogP contribution in [0.2, 0.25) is 5.02 Å². The molecule has 0 aliphatic heterocycles. The maximum absolute atomic E-state index is 11.9. The molecule has 1 heterocycles. The zero-order valence-corrected chi connectivity index (χ0v) is 12.8. The maximum Gasteiger partial charge on any atom is 0.212 e. The van der Waals surface area contributed by atoms with Crippen molar-refractivity contribution in [1.29, 1.82) is 0 Å². The monoisotopic (exact) mass is 313 g/mol. The number of nitrogens with one attached hydrogen (secondary N) is 1. The van der Waals surface area contributed by atoms with Gasteiger partial charge in [0.2, 0.25) is 10.0 Å². The summed E-state index contributed by atoms with van der Waals surface area (Å²) in [5.41, 5.74) is 1.44. The fraction of sp³-hybridized carbons (Fsp3) is 0.308. The Bertz CT molecular complexity index is 680. The fourth-order valence-corrected chi connectivity index (χ4v) is 2.71. The third kappa shape index (κ3) is 3.59. The number of nitrogens with zero attached hydrogens (tertiary/aromatic N) is 2. The molecule has 0 aliphatic carbocycles. The molecular weight excluding hydrogens is 298 g/mol. The van der Waals surface area contributed by atoms with Crippen LogP contribution in [0.25, 0.3) is 0 Å². The quantitative estimate of drug-likeness (QED) is 0.919. The molecule has 1 N–H and O–H groups in total. The summed E-state index contributed by atoms with van der Waals surface area (Å²) in [5.74, 6) is 0.0178. The number of hydrogen-bond donors (Lipinski definition) is 1. The minimum Gasteiger partial charge on any atom is -0.275 e. The van der Waals surface area contributed by atoms with E-state index in [4.69, 9.17) is 11.6 Å². The van der Waals surface area contributed by atoms with Gasteiger partial charge in [-0.1, -0.05) is 23.7 Å². The van der Waals surface area contributed by atoms with E-state index in [-0.39, 0.29) is 5.75 Å². The molecule has 0 saturated carbocycles. The normalized spacial score (nSPS) is 13.3. The van der Waals surface area contributed by atoms with Crippen LogP contribution < -0.4 is 4.72 Å². The van der Waals surface area contributed by atoms with Crippen LogP contribution in [0.4, 0.5) is 0 Å². The summed E-state index contributed by atoms with van der Waals surface area (Å²) in [7, 11) is -1.56. The van der Waals surface area contributed by atoms with E-state index in [9.17, 15) is 8.42 Å². The molecule has 0 amide bonds. The molecule has 1 aromatic carbocycles. The first kappa shape index (κ1) is 15.0. The molecule has 0 aliphatic rings. The highest BCUT2D eigenvalue weighted by atomic mass is 35.5. The molecule has 0 saturated heterocycles. The second-order valence-corrected chi connectivity index (χ2v) is 6.90. The van der Waals surface area contributed by atoms with Crippen molar-refractivity contribution in [3.63, 3.8) is 0 Å². The lowest BCUT2D eigenvalue weighted by atomic mass is 10.1. The fourth-order valence-electron chi connectivity index (χ4n) is 1.80. The lowest BCUT2D eigenvalue weighted by Gasteiger charge is -2.17. The van der Waals surface area contributed by atoms with Crippen molar-refractivity contribution in [3.8, 4) is 0 Å². The molecule has 0 spiro atoms. The predicted molar refractivity (Wildman–Crippen MR) is 79.1 cm³/mol. The lowest BCUT2D eigenvalue weighted by molar-refractivity contribution is 0.569. The highest BCUT2D eigenvalue weighted by Gasteiger charge is 2.22. The third-order valence-electron chi connectivity index (χ3n) is 2.91. The first-order valence-electron chi connectivity index (χ1n) is 6.16. The standard InChI is InChI=1S/C13H16ClN3O2S/c1-3-20(18,19)16-13(12-8-9-17(2)15-12)10-4-6-11(14)7-5-10/h4-9,13,16H,3H2,1-2H3. The van der Waals surface area contributed by atoms with Gasteiger partial charge in [0.25, 0.3) is 0 Å². The van der Waals surface area contributed by atoms with Gasteiger partial charge in [-0.2, -0.15) is 5.10 Å². The lowest BCUT2D eigenvalue weighted by Crippen LogP contribution is -2.31. The Morgan fingerprint density at radius 3 is 2.45 bits per heavy atom. The number of halogens is 1. The molecule has 2 aromatic rings. The maximum atomic E-state index is 11.9. The minimum atomic E-state index is -3.35. The minimum absolute atomic E-state index is 0.0178. The average molecular weight is 314 g/mol. The molecule has 1 aromatic heterocycles. The molecule has 0 radical (unpaired) electrons. The number of sulfonamides is 1. The molecule has 1 atom stereocenters. The van der Waals surface area contributed by atoms with Crippen LogP contribution in [0, 0.1) is 0 Å². The van der Waals surface area contributed by atoms with Gasteiger partial charge in [0, 0.05) is 18.3 Å². The molecule has 0 bridgehead atoms. The van der Waals surface area contributed by atoms with Gasteiger partial charge in [0.15, 0.2) is 0 Å². The van der Waals surface area contributed by atoms with Crippen LogP contribution in [0.5, 0.6) is 0 Å². The highest BCUT2D eigenvalue weighted by Crippen LogP contribution is 2.23. The zero-order chi connectivity index (χ0) is 14.8. The van der Waals surface area contributed by atoms with E-state index in [1.165, 1.54) is 0 Å². The van der Waals surface area contributed by atoms with Crippen molar-refractivity contribution in [2.24, 2.45) is 7.05 Å². The van der Waals surface area contributed by atoms with E-state index in [1.54, 1.807) is 55.2 Å². The molecular formula is C13H16ClN3O2S. The Morgan fingerprint density at radius 2 is 1.95 bits per heavy atom. The predicted octanol–water partition coefficient (Wildman–Crippen LogP) is 2.10. The largest absolute Gasteiger partial charge is 0.275 e. The van der Waals surface area contributed by atoms with Crippen molar-refractivity contribution in [3.05, 3.63) is 52.8 Å². The van der Waals surface area contributed by atoms with Gasteiger partial charge in [-0.15, -0.1) is 0 Å². The topological polar surface area (TPSA) is 64.0 Å². The first-order chi connectivity index (χ1) is 9.41. The van der Waals surface area contributed by atoms with E-state index in [1.807, 2.05) is 0 Å². The summed E-state index contributed by atoms with van der Waals surface area (Å²) < 4.78 is 28.0. The first-order valence-corrected chi connectivity index (χ1v) is 8.19. The molecule has 5 nitrogen and oxygen atoms in total. The van der Waals surface area contributed by atoms with E-state index >= 15 is 0 Å². The SMILES string of the molecule is CCS(=O)(=O)NC(c1ccc(Cl)cc1)c1ccn(C)n1. The van der Waals surface area contributed by atoms with Crippen LogP contribution in [0.1, 0.15) is 24.2 Å². The Labute approximate surface area is 123 Å². The molecule has 7 heteroatoms. The smallest absolute Gasteiger partial charge is 0.212 e. The van der Waals surface area contributed by atoms with Crippen LogP contribution in [0.15, 0.2) is 36.5 Å².